The van der Waals surface area contributed by atoms with Gasteiger partial charge in [0.15, 0.2) is 0 Å². The van der Waals surface area contributed by atoms with E-state index in [0.717, 1.165) is 18.2 Å². The molecule has 0 aliphatic rings. The van der Waals surface area contributed by atoms with Crippen LogP contribution in [0.1, 0.15) is 12.5 Å². The summed E-state index contributed by atoms with van der Waals surface area (Å²) in [5.74, 6) is -0.582. The standard InChI is InChI=1S/C14H11ClF3N2O5P/c1-2-26(23,24)12-6-9(3-4-11(12)20(21)22)25-13-10(15)5-8(7-19-13)14(16,17)18/h3-7H,2H2,1H3,(H,23,24)/p-1. The Balaban J connectivity index is 2.44. The lowest BCUT2D eigenvalue weighted by Gasteiger charge is -2.22. The SMILES string of the molecule is CCP(=O)([O-])c1cc(Oc2ncc(C(F)(F)F)cc2Cl)ccc1[N+](=O)[O-]. The van der Waals surface area contributed by atoms with Gasteiger partial charge in [-0.15, -0.1) is 0 Å². The van der Waals surface area contributed by atoms with E-state index < -0.39 is 45.9 Å². The number of aromatic nitrogens is 1. The maximum atomic E-state index is 12.6. The Kier molecular flexibility index (Phi) is 5.60. The molecular weight excluding hydrogens is 400 g/mol. The van der Waals surface area contributed by atoms with Crippen molar-refractivity contribution in [2.75, 3.05) is 6.16 Å². The summed E-state index contributed by atoms with van der Waals surface area (Å²) in [6, 6.07) is 3.52. The highest BCUT2D eigenvalue weighted by Crippen LogP contribution is 2.40. The zero-order chi connectivity index (χ0) is 19.7. The molecule has 1 aromatic heterocycles. The highest BCUT2D eigenvalue weighted by molar-refractivity contribution is 7.65. The zero-order valence-corrected chi connectivity index (χ0v) is 14.6. The van der Waals surface area contributed by atoms with Crippen molar-refractivity contribution in [1.29, 1.82) is 0 Å². The Morgan fingerprint density at radius 1 is 1.35 bits per heavy atom. The fourth-order valence-electron chi connectivity index (χ4n) is 1.93. The first-order valence-electron chi connectivity index (χ1n) is 6.95. The molecule has 1 heterocycles. The third-order valence-corrected chi connectivity index (χ3v) is 5.47. The Hall–Kier alpha value is -2.16. The minimum atomic E-state index is -4.65. The number of rotatable bonds is 5. The van der Waals surface area contributed by atoms with Gasteiger partial charge in [0.25, 0.3) is 5.69 Å². The molecule has 0 spiro atoms. The number of halogens is 4. The topological polar surface area (TPSA) is 105 Å². The fraction of sp³-hybridized carbons (Fsp3) is 0.214. The number of nitro groups is 1. The Morgan fingerprint density at radius 2 is 2.00 bits per heavy atom. The molecule has 0 aliphatic carbocycles. The summed E-state index contributed by atoms with van der Waals surface area (Å²) in [6.45, 7) is 1.32. The summed E-state index contributed by atoms with van der Waals surface area (Å²) in [7, 11) is -4.26. The minimum Gasteiger partial charge on any atom is -0.796 e. The third-order valence-electron chi connectivity index (χ3n) is 3.28. The summed E-state index contributed by atoms with van der Waals surface area (Å²) in [4.78, 5) is 25.7. The molecule has 0 bridgehead atoms. The van der Waals surface area contributed by atoms with E-state index in [9.17, 15) is 32.7 Å². The molecule has 0 N–H and O–H groups in total. The van der Waals surface area contributed by atoms with Gasteiger partial charge in [0.2, 0.25) is 5.88 Å². The maximum Gasteiger partial charge on any atom is 0.417 e. The summed E-state index contributed by atoms with van der Waals surface area (Å²) in [5, 5.41) is 10.00. The first-order valence-corrected chi connectivity index (χ1v) is 9.14. The van der Waals surface area contributed by atoms with Gasteiger partial charge >= 0.3 is 6.18 Å². The van der Waals surface area contributed by atoms with Crippen LogP contribution in [0.15, 0.2) is 30.5 Å². The van der Waals surface area contributed by atoms with Crippen molar-refractivity contribution in [3.63, 3.8) is 0 Å². The monoisotopic (exact) mass is 409 g/mol. The van der Waals surface area contributed by atoms with Gasteiger partial charge in [0.05, 0.1) is 23.2 Å². The second kappa shape index (κ2) is 7.22. The van der Waals surface area contributed by atoms with Crippen LogP contribution >= 0.6 is 19.0 Å². The van der Waals surface area contributed by atoms with E-state index in [4.69, 9.17) is 16.3 Å². The summed E-state index contributed by atoms with van der Waals surface area (Å²) in [6.07, 6.45) is -4.51. The lowest BCUT2D eigenvalue weighted by Crippen LogP contribution is -2.20. The van der Waals surface area contributed by atoms with Crippen LogP contribution in [-0.2, 0) is 10.7 Å². The molecule has 1 atom stereocenters. The number of nitro benzene ring substituents is 1. The van der Waals surface area contributed by atoms with Crippen LogP contribution in [0.3, 0.4) is 0 Å². The van der Waals surface area contributed by atoms with E-state index in [1.807, 2.05) is 0 Å². The number of hydrogen-bond acceptors (Lipinski definition) is 6. The van der Waals surface area contributed by atoms with Crippen molar-refractivity contribution in [2.45, 2.75) is 13.1 Å². The number of benzene rings is 1. The van der Waals surface area contributed by atoms with Crippen molar-refractivity contribution < 1.29 is 32.3 Å². The van der Waals surface area contributed by atoms with Crippen LogP contribution in [0.5, 0.6) is 11.6 Å². The van der Waals surface area contributed by atoms with Gasteiger partial charge in [-0.2, -0.15) is 13.2 Å². The lowest BCUT2D eigenvalue weighted by molar-refractivity contribution is -0.383. The van der Waals surface area contributed by atoms with Crippen LogP contribution in [0.25, 0.3) is 0 Å². The van der Waals surface area contributed by atoms with Gasteiger partial charge in [0.1, 0.15) is 10.8 Å². The maximum absolute atomic E-state index is 12.6. The second-order valence-electron chi connectivity index (χ2n) is 5.01. The quantitative estimate of drug-likeness (QED) is 0.423. The van der Waals surface area contributed by atoms with E-state index in [1.165, 1.54) is 6.92 Å². The van der Waals surface area contributed by atoms with Gasteiger partial charge in [0, 0.05) is 12.3 Å². The molecule has 12 heteroatoms. The molecule has 140 valence electrons. The Labute approximate surface area is 150 Å². The van der Waals surface area contributed by atoms with Crippen LogP contribution in [0, 0.1) is 10.1 Å². The number of nitrogens with zero attached hydrogens (tertiary/aromatic N) is 2. The molecule has 26 heavy (non-hydrogen) atoms. The number of alkyl halides is 3. The lowest BCUT2D eigenvalue weighted by atomic mass is 10.3. The van der Waals surface area contributed by atoms with Crippen molar-refractivity contribution in [3.8, 4) is 11.6 Å². The number of ether oxygens (including phenoxy) is 1. The summed E-state index contributed by atoms with van der Waals surface area (Å²) >= 11 is 5.71. The average Bonchev–Trinajstić information content (AvgIpc) is 2.55. The van der Waals surface area contributed by atoms with Gasteiger partial charge in [-0.25, -0.2) is 4.98 Å². The molecular formula is C14H10ClF3N2O5P-. The largest absolute Gasteiger partial charge is 0.796 e. The van der Waals surface area contributed by atoms with E-state index in [-0.39, 0.29) is 11.9 Å². The molecule has 2 aromatic rings. The van der Waals surface area contributed by atoms with Crippen LogP contribution in [0.4, 0.5) is 18.9 Å². The smallest absolute Gasteiger partial charge is 0.417 e. The predicted octanol–water partition coefficient (Wildman–Crippen LogP) is 3.74. The first kappa shape index (κ1) is 20.2. The number of pyridine rings is 1. The van der Waals surface area contributed by atoms with Crippen LogP contribution in [-0.4, -0.2) is 16.1 Å². The van der Waals surface area contributed by atoms with Crippen LogP contribution in [0.2, 0.25) is 5.02 Å². The van der Waals surface area contributed by atoms with Gasteiger partial charge < -0.3 is 14.2 Å². The molecule has 1 unspecified atom stereocenters. The first-order chi connectivity index (χ1) is 12.0. The predicted molar refractivity (Wildman–Crippen MR) is 85.2 cm³/mol. The molecule has 0 aliphatic heterocycles. The van der Waals surface area contributed by atoms with Crippen molar-refractivity contribution in [1.82, 2.24) is 4.98 Å². The average molecular weight is 410 g/mol. The molecule has 0 saturated carbocycles. The molecule has 0 fully saturated rings. The van der Waals surface area contributed by atoms with E-state index >= 15 is 0 Å². The van der Waals surface area contributed by atoms with Gasteiger partial charge in [-0.1, -0.05) is 18.5 Å². The molecule has 0 radical (unpaired) electrons. The normalized spacial score (nSPS) is 13.9. The molecule has 1 aromatic carbocycles. The van der Waals surface area contributed by atoms with E-state index in [1.54, 1.807) is 0 Å². The second-order valence-corrected chi connectivity index (χ2v) is 7.88. The molecule has 2 rings (SSSR count). The highest BCUT2D eigenvalue weighted by Gasteiger charge is 2.32. The third kappa shape index (κ3) is 4.32. The Morgan fingerprint density at radius 3 is 2.50 bits per heavy atom. The van der Waals surface area contributed by atoms with Crippen molar-refractivity contribution >= 4 is 30.0 Å². The van der Waals surface area contributed by atoms with E-state index in [0.29, 0.717) is 12.3 Å². The summed E-state index contributed by atoms with van der Waals surface area (Å²) in [5.41, 5.74) is -1.72. The van der Waals surface area contributed by atoms with E-state index in [2.05, 4.69) is 4.98 Å². The number of hydrogen-bond donors (Lipinski definition) is 0. The fourth-order valence-corrected chi connectivity index (χ4v) is 3.31. The molecule has 0 saturated heterocycles. The van der Waals surface area contributed by atoms with Crippen LogP contribution < -0.4 is 14.9 Å². The minimum absolute atomic E-state index is 0.177. The zero-order valence-electron chi connectivity index (χ0n) is 13.0. The molecule has 7 nitrogen and oxygen atoms in total. The van der Waals surface area contributed by atoms with Crippen molar-refractivity contribution in [2.24, 2.45) is 0 Å². The van der Waals surface area contributed by atoms with Crippen molar-refractivity contribution in [3.05, 3.63) is 51.2 Å². The highest BCUT2D eigenvalue weighted by atomic mass is 35.5. The van der Waals surface area contributed by atoms with Gasteiger partial charge in [-0.05, 0) is 24.4 Å². The van der Waals surface area contributed by atoms with Gasteiger partial charge in [-0.3, -0.25) is 10.1 Å². The Bertz CT molecular complexity index is 907. The molecule has 0 amide bonds. The summed E-state index contributed by atoms with van der Waals surface area (Å²) < 4.78 is 55.1.